The van der Waals surface area contributed by atoms with E-state index < -0.39 is 80.0 Å². The SMILES string of the molecule is CC(=O)O[C@@H]1[C@@H](O)[C@@H](O[C@@H]2O[C@H](C(=O)O)[C@H](O)[C@H](O)[C@H]2O)[C@@H](CO)O[C@H]1O. The fraction of sp³-hybridized carbons (Fsp3) is 0.857. The van der Waals surface area contributed by atoms with Crippen molar-refractivity contribution in [1.29, 1.82) is 0 Å². The number of carbonyl (C=O) groups excluding carboxylic acids is 1. The second-order valence-corrected chi connectivity index (χ2v) is 6.15. The van der Waals surface area contributed by atoms with Crippen LogP contribution in [0, 0.1) is 0 Å². The van der Waals surface area contributed by atoms with Crippen LogP contribution in [0.2, 0.25) is 0 Å². The molecule has 0 aromatic heterocycles. The highest BCUT2D eigenvalue weighted by Crippen LogP contribution is 2.29. The van der Waals surface area contributed by atoms with Gasteiger partial charge in [0.2, 0.25) is 0 Å². The minimum absolute atomic E-state index is 0.776. The number of hydrogen-bond donors (Lipinski definition) is 7. The first-order chi connectivity index (χ1) is 12.6. The summed E-state index contributed by atoms with van der Waals surface area (Å²) in [5.41, 5.74) is 0. The molecule has 27 heavy (non-hydrogen) atoms. The maximum absolute atomic E-state index is 11.1. The number of esters is 1. The summed E-state index contributed by atoms with van der Waals surface area (Å²) in [5.74, 6) is -2.50. The summed E-state index contributed by atoms with van der Waals surface area (Å²) < 4.78 is 20.0. The fourth-order valence-electron chi connectivity index (χ4n) is 2.86. The minimum Gasteiger partial charge on any atom is -0.479 e. The molecule has 0 spiro atoms. The molecule has 7 N–H and O–H groups in total. The molecule has 0 aromatic carbocycles. The Morgan fingerprint density at radius 2 is 1.56 bits per heavy atom. The van der Waals surface area contributed by atoms with E-state index in [4.69, 9.17) is 24.1 Å². The maximum atomic E-state index is 11.1. The van der Waals surface area contributed by atoms with Gasteiger partial charge in [-0.2, -0.15) is 0 Å². The smallest absolute Gasteiger partial charge is 0.335 e. The van der Waals surface area contributed by atoms with Crippen LogP contribution in [-0.2, 0) is 28.5 Å². The van der Waals surface area contributed by atoms with Crippen LogP contribution in [-0.4, -0.2) is 116 Å². The topological polar surface area (TPSA) is 213 Å². The highest BCUT2D eigenvalue weighted by Gasteiger charge is 2.52. The van der Waals surface area contributed by atoms with Gasteiger partial charge >= 0.3 is 11.9 Å². The summed E-state index contributed by atoms with van der Waals surface area (Å²) in [7, 11) is 0. The van der Waals surface area contributed by atoms with Crippen molar-refractivity contribution in [3.05, 3.63) is 0 Å². The highest BCUT2D eigenvalue weighted by atomic mass is 16.7. The van der Waals surface area contributed by atoms with Crippen LogP contribution in [0.3, 0.4) is 0 Å². The van der Waals surface area contributed by atoms with Crippen molar-refractivity contribution < 1.29 is 64.3 Å². The van der Waals surface area contributed by atoms with Gasteiger partial charge in [-0.3, -0.25) is 4.79 Å². The van der Waals surface area contributed by atoms with Crippen LogP contribution in [0.15, 0.2) is 0 Å². The van der Waals surface area contributed by atoms with Gasteiger partial charge < -0.3 is 54.7 Å². The molecule has 2 saturated heterocycles. The summed E-state index contributed by atoms with van der Waals surface area (Å²) in [4.78, 5) is 22.2. The molecule has 0 aliphatic carbocycles. The Bertz CT molecular complexity index is 541. The third kappa shape index (κ3) is 4.53. The number of carboxylic acid groups (broad SMARTS) is 1. The number of hydrogen-bond acceptors (Lipinski definition) is 12. The van der Waals surface area contributed by atoms with Crippen LogP contribution in [0.1, 0.15) is 6.92 Å². The number of aliphatic carboxylic acids is 1. The molecule has 0 amide bonds. The number of rotatable bonds is 5. The molecule has 2 heterocycles. The Balaban J connectivity index is 2.20. The van der Waals surface area contributed by atoms with Crippen molar-refractivity contribution in [3.63, 3.8) is 0 Å². The first-order valence-corrected chi connectivity index (χ1v) is 7.96. The van der Waals surface area contributed by atoms with E-state index in [1.54, 1.807) is 0 Å². The molecular weight excluding hydrogens is 376 g/mol. The van der Waals surface area contributed by atoms with Gasteiger partial charge in [-0.1, -0.05) is 0 Å². The standard InChI is InChI=1S/C14H22O13/c1-3(16)24-11-8(20)9(4(2-15)25-13(11)23)26-14-7(19)5(17)6(18)10(27-14)12(21)22/h4-11,13-15,17-20,23H,2H2,1H3,(H,21,22)/t4-,5+,6-,7-,8+,9+,10+,11-,13-,14-/m1/s1. The van der Waals surface area contributed by atoms with Crippen molar-refractivity contribution in [2.24, 2.45) is 0 Å². The average molecular weight is 398 g/mol. The third-order valence-electron chi connectivity index (χ3n) is 4.22. The van der Waals surface area contributed by atoms with Crippen molar-refractivity contribution in [3.8, 4) is 0 Å². The molecule has 2 aliphatic rings. The maximum Gasteiger partial charge on any atom is 0.335 e. The lowest BCUT2D eigenvalue weighted by Gasteiger charge is -2.45. The lowest BCUT2D eigenvalue weighted by atomic mass is 9.97. The van der Waals surface area contributed by atoms with E-state index in [1.807, 2.05) is 0 Å². The lowest BCUT2D eigenvalue weighted by Crippen LogP contribution is -2.65. The van der Waals surface area contributed by atoms with E-state index >= 15 is 0 Å². The second kappa shape index (κ2) is 8.72. The summed E-state index contributed by atoms with van der Waals surface area (Å²) in [5, 5.41) is 68.0. The monoisotopic (exact) mass is 398 g/mol. The van der Waals surface area contributed by atoms with Gasteiger partial charge in [0.1, 0.15) is 36.6 Å². The Labute approximate surface area is 152 Å². The number of ether oxygens (including phenoxy) is 4. The van der Waals surface area contributed by atoms with Crippen molar-refractivity contribution in [2.75, 3.05) is 6.61 Å². The van der Waals surface area contributed by atoms with E-state index in [1.165, 1.54) is 0 Å². The first-order valence-electron chi connectivity index (χ1n) is 7.96. The van der Waals surface area contributed by atoms with Gasteiger partial charge in [0, 0.05) is 6.92 Å². The van der Waals surface area contributed by atoms with Crippen molar-refractivity contribution >= 4 is 11.9 Å². The Hall–Kier alpha value is -1.42. The first kappa shape index (κ1) is 21.9. The third-order valence-corrected chi connectivity index (χ3v) is 4.22. The van der Waals surface area contributed by atoms with E-state index in [-0.39, 0.29) is 0 Å². The van der Waals surface area contributed by atoms with Crippen molar-refractivity contribution in [2.45, 2.75) is 68.3 Å². The van der Waals surface area contributed by atoms with E-state index in [0.717, 1.165) is 6.92 Å². The van der Waals surface area contributed by atoms with Crippen LogP contribution in [0.25, 0.3) is 0 Å². The molecule has 0 unspecified atom stereocenters. The summed E-state index contributed by atoms with van der Waals surface area (Å²) >= 11 is 0. The summed E-state index contributed by atoms with van der Waals surface area (Å²) in [6.45, 7) is 0.235. The van der Waals surface area contributed by atoms with Gasteiger partial charge in [0.15, 0.2) is 24.8 Å². The van der Waals surface area contributed by atoms with Gasteiger partial charge in [-0.15, -0.1) is 0 Å². The predicted octanol–water partition coefficient (Wildman–Crippen LogP) is -4.73. The molecule has 13 nitrogen and oxygen atoms in total. The molecule has 2 aliphatic heterocycles. The van der Waals surface area contributed by atoms with Gasteiger partial charge in [-0.25, -0.2) is 4.79 Å². The largest absolute Gasteiger partial charge is 0.479 e. The zero-order valence-electron chi connectivity index (χ0n) is 14.1. The number of aliphatic hydroxyl groups is 6. The second-order valence-electron chi connectivity index (χ2n) is 6.15. The van der Waals surface area contributed by atoms with Crippen LogP contribution in [0.5, 0.6) is 0 Å². The molecule has 0 bridgehead atoms. The minimum atomic E-state index is -1.95. The van der Waals surface area contributed by atoms with Crippen LogP contribution < -0.4 is 0 Å². The van der Waals surface area contributed by atoms with Crippen LogP contribution >= 0.6 is 0 Å². The molecule has 2 fully saturated rings. The molecule has 156 valence electrons. The Kier molecular flexibility index (Phi) is 7.07. The lowest BCUT2D eigenvalue weighted by molar-refractivity contribution is -0.351. The molecule has 2 rings (SSSR count). The Morgan fingerprint density at radius 1 is 0.926 bits per heavy atom. The molecule has 13 heteroatoms. The zero-order valence-corrected chi connectivity index (χ0v) is 14.1. The van der Waals surface area contributed by atoms with E-state index in [9.17, 15) is 40.2 Å². The average Bonchev–Trinajstić information content (AvgIpc) is 2.60. The number of carboxylic acids is 1. The zero-order chi connectivity index (χ0) is 20.5. The highest BCUT2D eigenvalue weighted by molar-refractivity contribution is 5.73. The van der Waals surface area contributed by atoms with Gasteiger partial charge in [0.25, 0.3) is 0 Å². The molecule has 0 saturated carbocycles. The van der Waals surface area contributed by atoms with Gasteiger partial charge in [0.05, 0.1) is 6.61 Å². The normalized spacial score (nSPS) is 45.3. The summed E-state index contributed by atoms with van der Waals surface area (Å²) in [6.07, 6.45) is -17.7. The van der Waals surface area contributed by atoms with Gasteiger partial charge in [-0.05, 0) is 0 Å². The fourth-order valence-corrected chi connectivity index (χ4v) is 2.86. The van der Waals surface area contributed by atoms with E-state index in [0.29, 0.717) is 0 Å². The molecular formula is C14H22O13. The van der Waals surface area contributed by atoms with Crippen molar-refractivity contribution in [1.82, 2.24) is 0 Å². The van der Waals surface area contributed by atoms with E-state index in [2.05, 4.69) is 0 Å². The quantitative estimate of drug-likeness (QED) is 0.217. The molecule has 10 atom stereocenters. The Morgan fingerprint density at radius 3 is 2.07 bits per heavy atom. The predicted molar refractivity (Wildman–Crippen MR) is 78.7 cm³/mol. The summed E-state index contributed by atoms with van der Waals surface area (Å²) in [6, 6.07) is 0. The molecule has 0 radical (unpaired) electrons. The van der Waals surface area contributed by atoms with Crippen LogP contribution in [0.4, 0.5) is 0 Å². The number of carbonyl (C=O) groups is 2. The number of aliphatic hydroxyl groups excluding tert-OH is 6. The molecule has 0 aromatic rings.